The van der Waals surface area contributed by atoms with Gasteiger partial charge in [-0.2, -0.15) is 0 Å². The smallest absolute Gasteiger partial charge is 0.267 e. The summed E-state index contributed by atoms with van der Waals surface area (Å²) in [4.78, 5) is 14.0. The second kappa shape index (κ2) is 7.89. The number of carbonyl (C=O) groups is 1. The lowest BCUT2D eigenvalue weighted by Crippen LogP contribution is -2.12. The first-order chi connectivity index (χ1) is 10.3. The summed E-state index contributed by atoms with van der Waals surface area (Å²) in [6.45, 7) is 0.0275. The number of thioether (sulfide) groups is 1. The van der Waals surface area contributed by atoms with E-state index in [2.05, 4.69) is 17.2 Å². The average molecular weight is 317 g/mol. The lowest BCUT2D eigenvalue weighted by atomic mass is 10.2. The molecular formula is C16H15NO2S2. The zero-order chi connectivity index (χ0) is 15.1. The van der Waals surface area contributed by atoms with Gasteiger partial charge in [0.1, 0.15) is 4.88 Å². The van der Waals surface area contributed by atoms with Crippen LogP contribution in [0.15, 0.2) is 40.6 Å². The van der Waals surface area contributed by atoms with Crippen LogP contribution in [0.1, 0.15) is 21.7 Å². The SMILES string of the molecule is CSc1ccccc1NC(=O)c1sccc1C#CCCO. The predicted octanol–water partition coefficient (Wildman–Crippen LogP) is 3.46. The monoisotopic (exact) mass is 317 g/mol. The molecule has 21 heavy (non-hydrogen) atoms. The molecule has 0 saturated heterocycles. The van der Waals surface area contributed by atoms with E-state index in [4.69, 9.17) is 5.11 Å². The topological polar surface area (TPSA) is 49.3 Å². The number of hydrogen-bond acceptors (Lipinski definition) is 4. The Hall–Kier alpha value is -1.74. The third-order valence-electron chi connectivity index (χ3n) is 2.69. The van der Waals surface area contributed by atoms with Crippen molar-refractivity contribution in [1.82, 2.24) is 0 Å². The molecule has 0 bridgehead atoms. The second-order valence-corrected chi connectivity index (χ2v) is 5.86. The van der Waals surface area contributed by atoms with Gasteiger partial charge in [-0.05, 0) is 29.8 Å². The van der Waals surface area contributed by atoms with Crippen molar-refractivity contribution in [1.29, 1.82) is 0 Å². The molecule has 2 rings (SSSR count). The number of thiophene rings is 1. The molecule has 0 aliphatic heterocycles. The molecule has 2 N–H and O–H groups in total. The molecule has 1 heterocycles. The van der Waals surface area contributed by atoms with E-state index in [1.54, 1.807) is 11.8 Å². The quantitative estimate of drug-likeness (QED) is 0.671. The van der Waals surface area contributed by atoms with Crippen molar-refractivity contribution in [3.8, 4) is 11.8 Å². The number of para-hydroxylation sites is 1. The first-order valence-corrected chi connectivity index (χ1v) is 8.48. The fourth-order valence-corrected chi connectivity index (χ4v) is 3.02. The number of amides is 1. The van der Waals surface area contributed by atoms with E-state index in [1.165, 1.54) is 11.3 Å². The third-order valence-corrected chi connectivity index (χ3v) is 4.40. The molecule has 0 saturated carbocycles. The van der Waals surface area contributed by atoms with Gasteiger partial charge in [0.25, 0.3) is 5.91 Å². The zero-order valence-corrected chi connectivity index (χ0v) is 13.2. The van der Waals surface area contributed by atoms with Crippen molar-refractivity contribution in [2.24, 2.45) is 0 Å². The summed E-state index contributed by atoms with van der Waals surface area (Å²) in [5.74, 6) is 5.61. The number of hydrogen-bond donors (Lipinski definition) is 2. The van der Waals surface area contributed by atoms with Gasteiger partial charge in [0.15, 0.2) is 0 Å². The summed E-state index contributed by atoms with van der Waals surface area (Å²) in [6.07, 6.45) is 2.38. The molecule has 0 unspecified atom stereocenters. The summed E-state index contributed by atoms with van der Waals surface area (Å²) in [5, 5.41) is 13.5. The van der Waals surface area contributed by atoms with Crippen LogP contribution in [0, 0.1) is 11.8 Å². The molecule has 0 aliphatic carbocycles. The lowest BCUT2D eigenvalue weighted by Gasteiger charge is -2.08. The van der Waals surface area contributed by atoms with Crippen molar-refractivity contribution in [3.05, 3.63) is 46.2 Å². The molecule has 0 radical (unpaired) electrons. The minimum Gasteiger partial charge on any atom is -0.395 e. The van der Waals surface area contributed by atoms with Crippen LogP contribution in [0.25, 0.3) is 0 Å². The normalized spacial score (nSPS) is 9.81. The van der Waals surface area contributed by atoms with Gasteiger partial charge in [0, 0.05) is 16.9 Å². The Morgan fingerprint density at radius 2 is 2.19 bits per heavy atom. The predicted molar refractivity (Wildman–Crippen MR) is 89.1 cm³/mol. The molecule has 0 atom stereocenters. The largest absolute Gasteiger partial charge is 0.395 e. The van der Waals surface area contributed by atoms with E-state index in [9.17, 15) is 4.79 Å². The van der Waals surface area contributed by atoms with Gasteiger partial charge in [-0.15, -0.1) is 23.1 Å². The Bertz CT molecular complexity index is 683. The Morgan fingerprint density at radius 3 is 2.95 bits per heavy atom. The van der Waals surface area contributed by atoms with E-state index in [1.807, 2.05) is 42.0 Å². The van der Waals surface area contributed by atoms with E-state index in [0.29, 0.717) is 16.9 Å². The molecule has 1 aromatic carbocycles. The van der Waals surface area contributed by atoms with Crippen molar-refractivity contribution in [2.75, 3.05) is 18.2 Å². The molecule has 1 amide bonds. The van der Waals surface area contributed by atoms with E-state index in [0.717, 1.165) is 10.6 Å². The highest BCUT2D eigenvalue weighted by atomic mass is 32.2. The maximum absolute atomic E-state index is 12.4. The van der Waals surface area contributed by atoms with Crippen LogP contribution < -0.4 is 5.32 Å². The number of anilines is 1. The van der Waals surface area contributed by atoms with E-state index >= 15 is 0 Å². The molecule has 3 nitrogen and oxygen atoms in total. The Labute approximate surface area is 132 Å². The Kier molecular flexibility index (Phi) is 5.88. The highest BCUT2D eigenvalue weighted by Crippen LogP contribution is 2.26. The molecule has 1 aromatic heterocycles. The first kappa shape index (κ1) is 15.6. The fraction of sp³-hybridized carbons (Fsp3) is 0.188. The van der Waals surface area contributed by atoms with Crippen LogP contribution in [0.5, 0.6) is 0 Å². The van der Waals surface area contributed by atoms with Crippen molar-refractivity contribution >= 4 is 34.7 Å². The highest BCUT2D eigenvalue weighted by molar-refractivity contribution is 7.98. The van der Waals surface area contributed by atoms with Crippen LogP contribution in [-0.2, 0) is 0 Å². The number of carbonyl (C=O) groups excluding carboxylic acids is 1. The van der Waals surface area contributed by atoms with E-state index < -0.39 is 0 Å². The maximum Gasteiger partial charge on any atom is 0.267 e. The number of nitrogens with one attached hydrogen (secondary N) is 1. The molecule has 0 fully saturated rings. The van der Waals surface area contributed by atoms with Crippen LogP contribution in [-0.4, -0.2) is 23.9 Å². The number of aliphatic hydroxyl groups is 1. The molecular weight excluding hydrogens is 302 g/mol. The van der Waals surface area contributed by atoms with Crippen LogP contribution in [0.4, 0.5) is 5.69 Å². The second-order valence-electron chi connectivity index (χ2n) is 4.09. The standard InChI is InChI=1S/C16H15NO2S2/c1-20-14-8-3-2-7-13(14)17-16(19)15-12(9-11-21-15)6-4-5-10-18/h2-3,7-9,11,18H,5,10H2,1H3,(H,17,19). The third kappa shape index (κ3) is 4.11. The van der Waals surface area contributed by atoms with Gasteiger partial charge < -0.3 is 10.4 Å². The fourth-order valence-electron chi connectivity index (χ4n) is 1.72. The Balaban J connectivity index is 2.18. The number of rotatable bonds is 4. The first-order valence-electron chi connectivity index (χ1n) is 6.38. The molecule has 5 heteroatoms. The van der Waals surface area contributed by atoms with Gasteiger partial charge in [-0.1, -0.05) is 24.0 Å². The summed E-state index contributed by atoms with van der Waals surface area (Å²) < 4.78 is 0. The molecule has 108 valence electrons. The van der Waals surface area contributed by atoms with Crippen molar-refractivity contribution in [2.45, 2.75) is 11.3 Å². The molecule has 0 aliphatic rings. The lowest BCUT2D eigenvalue weighted by molar-refractivity contribution is 0.103. The van der Waals surface area contributed by atoms with Crippen LogP contribution in [0.2, 0.25) is 0 Å². The molecule has 0 spiro atoms. The number of aliphatic hydroxyl groups excluding tert-OH is 1. The summed E-state index contributed by atoms with van der Waals surface area (Å²) in [6, 6.07) is 9.51. The van der Waals surface area contributed by atoms with Crippen LogP contribution >= 0.6 is 23.1 Å². The summed E-state index contributed by atoms with van der Waals surface area (Å²) in [7, 11) is 0. The van der Waals surface area contributed by atoms with Gasteiger partial charge in [-0.3, -0.25) is 4.79 Å². The average Bonchev–Trinajstić information content (AvgIpc) is 2.96. The molecule has 2 aromatic rings. The van der Waals surface area contributed by atoms with Crippen LogP contribution in [0.3, 0.4) is 0 Å². The van der Waals surface area contributed by atoms with Gasteiger partial charge in [0.05, 0.1) is 12.3 Å². The van der Waals surface area contributed by atoms with Gasteiger partial charge >= 0.3 is 0 Å². The van der Waals surface area contributed by atoms with Gasteiger partial charge in [-0.25, -0.2) is 0 Å². The maximum atomic E-state index is 12.4. The minimum absolute atomic E-state index is 0.0275. The minimum atomic E-state index is -0.153. The van der Waals surface area contributed by atoms with Gasteiger partial charge in [0.2, 0.25) is 0 Å². The van der Waals surface area contributed by atoms with Crippen molar-refractivity contribution in [3.63, 3.8) is 0 Å². The number of benzene rings is 1. The van der Waals surface area contributed by atoms with E-state index in [-0.39, 0.29) is 12.5 Å². The van der Waals surface area contributed by atoms with Crippen molar-refractivity contribution < 1.29 is 9.90 Å². The zero-order valence-electron chi connectivity index (χ0n) is 11.6. The summed E-state index contributed by atoms with van der Waals surface area (Å²) in [5.41, 5.74) is 1.50. The highest BCUT2D eigenvalue weighted by Gasteiger charge is 2.13. The summed E-state index contributed by atoms with van der Waals surface area (Å²) >= 11 is 2.95. The Morgan fingerprint density at radius 1 is 1.38 bits per heavy atom.